The van der Waals surface area contributed by atoms with Crippen molar-refractivity contribution in [2.45, 2.75) is 38.1 Å². The van der Waals surface area contributed by atoms with Crippen molar-refractivity contribution in [2.24, 2.45) is 0 Å². The largest absolute Gasteiger partial charge is 0.339 e. The first kappa shape index (κ1) is 10.7. The maximum atomic E-state index is 4.46. The fourth-order valence-corrected chi connectivity index (χ4v) is 2.41. The molecule has 0 amide bonds. The lowest BCUT2D eigenvalue weighted by Gasteiger charge is -2.22. The number of aromatic amines is 1. The summed E-state index contributed by atoms with van der Waals surface area (Å²) in [5.74, 6) is 1.02. The third-order valence-corrected chi connectivity index (χ3v) is 3.35. The smallest absolute Gasteiger partial charge is 0.180 e. The summed E-state index contributed by atoms with van der Waals surface area (Å²) in [7, 11) is 0. The average Bonchev–Trinajstić information content (AvgIpc) is 2.80. The predicted molar refractivity (Wildman–Crippen MR) is 65.6 cm³/mol. The van der Waals surface area contributed by atoms with Crippen molar-refractivity contribution in [3.63, 3.8) is 0 Å². The molecule has 1 unspecified atom stereocenters. The van der Waals surface area contributed by atoms with Crippen molar-refractivity contribution in [3.8, 4) is 0 Å². The van der Waals surface area contributed by atoms with Crippen molar-refractivity contribution < 1.29 is 0 Å². The van der Waals surface area contributed by atoms with Crippen molar-refractivity contribution in [2.75, 3.05) is 6.54 Å². The number of aromatic nitrogens is 4. The number of H-pyrrole nitrogens is 1. The van der Waals surface area contributed by atoms with E-state index in [1.54, 1.807) is 6.20 Å². The molecule has 1 atom stereocenters. The molecule has 0 radical (unpaired) electrons. The molecule has 0 aromatic carbocycles. The van der Waals surface area contributed by atoms with Crippen molar-refractivity contribution in [1.29, 1.82) is 0 Å². The van der Waals surface area contributed by atoms with E-state index in [1.165, 1.54) is 25.6 Å². The Balaban J connectivity index is 1.64. The summed E-state index contributed by atoms with van der Waals surface area (Å²) in [6, 6.07) is 0.656. The quantitative estimate of drug-likeness (QED) is 0.838. The number of hydrogen-bond donors (Lipinski definition) is 2. The van der Waals surface area contributed by atoms with Gasteiger partial charge in [-0.15, -0.1) is 0 Å². The average molecular weight is 231 g/mol. The number of nitrogens with zero attached hydrogens (tertiary/aromatic N) is 3. The predicted octanol–water partition coefficient (Wildman–Crippen LogP) is 1.43. The Morgan fingerprint density at radius 2 is 2.35 bits per heavy atom. The first-order chi connectivity index (χ1) is 8.42. The lowest BCUT2D eigenvalue weighted by Crippen LogP contribution is -2.34. The molecule has 3 heterocycles. The van der Waals surface area contributed by atoms with Crippen molar-refractivity contribution >= 4 is 11.2 Å². The van der Waals surface area contributed by atoms with Gasteiger partial charge in [-0.1, -0.05) is 6.42 Å². The van der Waals surface area contributed by atoms with E-state index >= 15 is 0 Å². The van der Waals surface area contributed by atoms with Gasteiger partial charge in [0.1, 0.15) is 17.7 Å². The molecule has 1 aliphatic heterocycles. The minimum absolute atomic E-state index is 0.656. The molecule has 17 heavy (non-hydrogen) atoms. The first-order valence-corrected chi connectivity index (χ1v) is 6.30. The summed E-state index contributed by atoms with van der Waals surface area (Å²) in [6.45, 7) is 1.16. The molecule has 2 aromatic heterocycles. The van der Waals surface area contributed by atoms with Gasteiger partial charge in [0, 0.05) is 12.5 Å². The summed E-state index contributed by atoms with van der Waals surface area (Å²) >= 11 is 0. The molecule has 0 bridgehead atoms. The standard InChI is InChI=1S/C12H17N5/c1-2-6-14-9(3-1)4-5-11-16-10-7-13-8-15-12(10)17-11/h7-9,14H,1-6H2,(H,13,15,16,17). The number of imidazole rings is 1. The third kappa shape index (κ3) is 2.44. The lowest BCUT2D eigenvalue weighted by atomic mass is 10.0. The van der Waals surface area contributed by atoms with Gasteiger partial charge in [0.2, 0.25) is 0 Å². The molecule has 90 valence electrons. The Kier molecular flexibility index (Phi) is 3.00. The molecule has 1 fully saturated rings. The zero-order chi connectivity index (χ0) is 11.5. The molecule has 1 aliphatic rings. The molecule has 2 N–H and O–H groups in total. The van der Waals surface area contributed by atoms with Crippen LogP contribution in [0.2, 0.25) is 0 Å². The van der Waals surface area contributed by atoms with Crippen LogP contribution in [0.25, 0.3) is 11.2 Å². The van der Waals surface area contributed by atoms with E-state index in [9.17, 15) is 0 Å². The highest BCUT2D eigenvalue weighted by atomic mass is 15.0. The second kappa shape index (κ2) is 4.79. The lowest BCUT2D eigenvalue weighted by molar-refractivity contribution is 0.381. The zero-order valence-corrected chi connectivity index (χ0v) is 9.82. The van der Waals surface area contributed by atoms with Crippen LogP contribution >= 0.6 is 0 Å². The molecule has 1 saturated heterocycles. The second-order valence-electron chi connectivity index (χ2n) is 4.63. The molecule has 0 saturated carbocycles. The van der Waals surface area contributed by atoms with Gasteiger partial charge < -0.3 is 10.3 Å². The number of nitrogens with one attached hydrogen (secondary N) is 2. The monoisotopic (exact) mass is 231 g/mol. The van der Waals surface area contributed by atoms with Crippen LogP contribution in [0.3, 0.4) is 0 Å². The van der Waals surface area contributed by atoms with Crippen LogP contribution in [0.5, 0.6) is 0 Å². The van der Waals surface area contributed by atoms with Gasteiger partial charge in [0.15, 0.2) is 5.65 Å². The van der Waals surface area contributed by atoms with Gasteiger partial charge in [0.05, 0.1) is 6.20 Å². The van der Waals surface area contributed by atoms with Crippen LogP contribution in [0.15, 0.2) is 12.5 Å². The second-order valence-corrected chi connectivity index (χ2v) is 4.63. The fraction of sp³-hybridized carbons (Fsp3) is 0.583. The number of rotatable bonds is 3. The van der Waals surface area contributed by atoms with E-state index in [2.05, 4.69) is 25.3 Å². The summed E-state index contributed by atoms with van der Waals surface area (Å²) in [6.07, 6.45) is 9.40. The van der Waals surface area contributed by atoms with Crippen LogP contribution in [0, 0.1) is 0 Å². The molecule has 5 heteroatoms. The Morgan fingerprint density at radius 1 is 1.35 bits per heavy atom. The van der Waals surface area contributed by atoms with Crippen LogP contribution in [0.4, 0.5) is 0 Å². The van der Waals surface area contributed by atoms with E-state index in [-0.39, 0.29) is 0 Å². The molecule has 0 spiro atoms. The number of piperidine rings is 1. The minimum Gasteiger partial charge on any atom is -0.339 e. The number of aryl methyl sites for hydroxylation is 1. The maximum Gasteiger partial charge on any atom is 0.180 e. The number of hydrogen-bond acceptors (Lipinski definition) is 4. The summed E-state index contributed by atoms with van der Waals surface area (Å²) in [4.78, 5) is 15.8. The Labute approximate surface area is 100 Å². The summed E-state index contributed by atoms with van der Waals surface area (Å²) < 4.78 is 0. The van der Waals surface area contributed by atoms with Crippen LogP contribution < -0.4 is 5.32 Å². The van der Waals surface area contributed by atoms with E-state index in [0.717, 1.165) is 36.4 Å². The van der Waals surface area contributed by atoms with Gasteiger partial charge in [-0.05, 0) is 25.8 Å². The van der Waals surface area contributed by atoms with Gasteiger partial charge in [-0.25, -0.2) is 15.0 Å². The van der Waals surface area contributed by atoms with E-state index in [1.807, 2.05) is 0 Å². The van der Waals surface area contributed by atoms with Crippen molar-refractivity contribution in [3.05, 3.63) is 18.3 Å². The minimum atomic E-state index is 0.656. The summed E-state index contributed by atoms with van der Waals surface area (Å²) in [5.41, 5.74) is 1.70. The maximum absolute atomic E-state index is 4.46. The molecular weight excluding hydrogens is 214 g/mol. The number of fused-ring (bicyclic) bond motifs is 1. The molecule has 3 rings (SSSR count). The highest BCUT2D eigenvalue weighted by Crippen LogP contribution is 2.13. The Morgan fingerprint density at radius 3 is 3.18 bits per heavy atom. The van der Waals surface area contributed by atoms with Gasteiger partial charge >= 0.3 is 0 Å². The van der Waals surface area contributed by atoms with Crippen LogP contribution in [-0.4, -0.2) is 32.5 Å². The zero-order valence-electron chi connectivity index (χ0n) is 9.82. The highest BCUT2D eigenvalue weighted by Gasteiger charge is 2.13. The Bertz CT molecular complexity index is 453. The van der Waals surface area contributed by atoms with Crippen LogP contribution in [-0.2, 0) is 6.42 Å². The highest BCUT2D eigenvalue weighted by molar-refractivity contribution is 5.68. The molecular formula is C12H17N5. The van der Waals surface area contributed by atoms with E-state index < -0.39 is 0 Å². The third-order valence-electron chi connectivity index (χ3n) is 3.35. The topological polar surface area (TPSA) is 66.5 Å². The molecule has 5 nitrogen and oxygen atoms in total. The molecule has 0 aliphatic carbocycles. The summed E-state index contributed by atoms with van der Waals surface area (Å²) in [5, 5.41) is 3.55. The van der Waals surface area contributed by atoms with E-state index in [0.29, 0.717) is 6.04 Å². The van der Waals surface area contributed by atoms with Crippen LogP contribution in [0.1, 0.15) is 31.5 Å². The SMILES string of the molecule is c1ncc2[nH]c(CCC3CCCCN3)nc2n1. The Hall–Kier alpha value is -1.49. The normalized spacial score (nSPS) is 20.8. The van der Waals surface area contributed by atoms with Gasteiger partial charge in [-0.2, -0.15) is 0 Å². The van der Waals surface area contributed by atoms with E-state index in [4.69, 9.17) is 0 Å². The molecule has 2 aromatic rings. The van der Waals surface area contributed by atoms with Crippen molar-refractivity contribution in [1.82, 2.24) is 25.3 Å². The van der Waals surface area contributed by atoms with Gasteiger partial charge in [0.25, 0.3) is 0 Å². The fourth-order valence-electron chi connectivity index (χ4n) is 2.41. The first-order valence-electron chi connectivity index (χ1n) is 6.30. The van der Waals surface area contributed by atoms with Gasteiger partial charge in [-0.3, -0.25) is 0 Å².